The molecule has 1 fully saturated rings. The van der Waals surface area contributed by atoms with Gasteiger partial charge in [0.05, 0.1) is 6.10 Å². The zero-order valence-electron chi connectivity index (χ0n) is 10.1. The van der Waals surface area contributed by atoms with Crippen molar-refractivity contribution in [3.8, 4) is 0 Å². The second-order valence-corrected chi connectivity index (χ2v) is 4.98. The molecule has 1 N–H and O–H groups in total. The molecule has 5 heteroatoms. The number of hydrogen-bond acceptors (Lipinski definition) is 4. The largest absolute Gasteiger partial charge is 0.423 e. The van der Waals surface area contributed by atoms with E-state index < -0.39 is 0 Å². The normalized spacial score (nSPS) is 23.1. The van der Waals surface area contributed by atoms with Gasteiger partial charge in [0.15, 0.2) is 5.58 Å². The molecule has 1 heterocycles. The summed E-state index contributed by atoms with van der Waals surface area (Å²) in [6, 6.07) is 4.81. The molecule has 1 saturated carbocycles. The fourth-order valence-electron chi connectivity index (χ4n) is 2.37. The van der Waals surface area contributed by atoms with Gasteiger partial charge in [-0.05, 0) is 30.9 Å². The molecule has 0 spiro atoms. The van der Waals surface area contributed by atoms with Gasteiger partial charge < -0.3 is 14.4 Å². The number of oxazole rings is 1. The Hall–Kier alpha value is -1.62. The predicted molar refractivity (Wildman–Crippen MR) is 66.0 cm³/mol. The number of aromatic nitrogens is 1. The highest BCUT2D eigenvalue weighted by Gasteiger charge is 2.28. The van der Waals surface area contributed by atoms with E-state index in [-0.39, 0.29) is 11.9 Å². The summed E-state index contributed by atoms with van der Waals surface area (Å²) in [5.41, 5.74) is 1.12. The summed E-state index contributed by atoms with van der Waals surface area (Å²) in [7, 11) is 1.89. The Morgan fingerprint density at radius 2 is 2.28 bits per heavy atom. The molecule has 0 unspecified atom stereocenters. The maximum absolute atomic E-state index is 13.0. The van der Waals surface area contributed by atoms with Crippen LogP contribution in [0.4, 0.5) is 10.4 Å². The molecule has 0 saturated heterocycles. The Balaban J connectivity index is 1.76. The number of aliphatic hydroxyl groups is 1. The van der Waals surface area contributed by atoms with E-state index in [0.717, 1.165) is 19.4 Å². The third-order valence-electron chi connectivity index (χ3n) is 3.41. The highest BCUT2D eigenvalue weighted by atomic mass is 19.1. The maximum atomic E-state index is 13.0. The van der Waals surface area contributed by atoms with E-state index in [4.69, 9.17) is 4.42 Å². The van der Waals surface area contributed by atoms with E-state index in [1.165, 1.54) is 12.1 Å². The molecule has 2 aromatic rings. The molecule has 18 heavy (non-hydrogen) atoms. The van der Waals surface area contributed by atoms with Gasteiger partial charge >= 0.3 is 0 Å². The number of anilines is 1. The van der Waals surface area contributed by atoms with E-state index in [9.17, 15) is 9.50 Å². The Morgan fingerprint density at radius 1 is 1.50 bits per heavy atom. The van der Waals surface area contributed by atoms with Gasteiger partial charge in [-0.3, -0.25) is 0 Å². The van der Waals surface area contributed by atoms with Crippen molar-refractivity contribution in [3.05, 3.63) is 24.0 Å². The molecule has 4 nitrogen and oxygen atoms in total. The van der Waals surface area contributed by atoms with E-state index in [2.05, 4.69) is 4.98 Å². The second-order valence-electron chi connectivity index (χ2n) is 4.98. The zero-order valence-corrected chi connectivity index (χ0v) is 10.1. The van der Waals surface area contributed by atoms with Gasteiger partial charge in [0.25, 0.3) is 6.01 Å². The average Bonchev–Trinajstić information content (AvgIpc) is 2.69. The van der Waals surface area contributed by atoms with Crippen LogP contribution in [0.1, 0.15) is 12.8 Å². The van der Waals surface area contributed by atoms with Crippen LogP contribution in [-0.2, 0) is 0 Å². The van der Waals surface area contributed by atoms with E-state index >= 15 is 0 Å². The lowest BCUT2D eigenvalue weighted by molar-refractivity contribution is 0.0461. The van der Waals surface area contributed by atoms with Crippen LogP contribution in [-0.4, -0.2) is 29.8 Å². The van der Waals surface area contributed by atoms with Gasteiger partial charge in [-0.25, -0.2) is 4.39 Å². The summed E-state index contributed by atoms with van der Waals surface area (Å²) in [6.07, 6.45) is 1.51. The number of rotatable bonds is 3. The summed E-state index contributed by atoms with van der Waals surface area (Å²) in [5.74, 6) is 0.170. The van der Waals surface area contributed by atoms with Crippen LogP contribution in [0.2, 0.25) is 0 Å². The number of benzene rings is 1. The van der Waals surface area contributed by atoms with Crippen LogP contribution in [0.3, 0.4) is 0 Å². The van der Waals surface area contributed by atoms with Crippen LogP contribution >= 0.6 is 0 Å². The summed E-state index contributed by atoms with van der Waals surface area (Å²) in [5, 5.41) is 9.25. The van der Waals surface area contributed by atoms with Gasteiger partial charge in [-0.1, -0.05) is 0 Å². The molecule has 1 aliphatic rings. The van der Waals surface area contributed by atoms with E-state index in [1.807, 2.05) is 11.9 Å². The molecule has 1 aromatic carbocycles. The summed E-state index contributed by atoms with van der Waals surface area (Å²) in [6.45, 7) is 0.798. The average molecular weight is 250 g/mol. The lowest BCUT2D eigenvalue weighted by atomic mass is 9.82. The van der Waals surface area contributed by atoms with Gasteiger partial charge in [0.2, 0.25) is 0 Å². The van der Waals surface area contributed by atoms with Crippen LogP contribution < -0.4 is 4.90 Å². The summed E-state index contributed by atoms with van der Waals surface area (Å²) < 4.78 is 18.6. The molecule has 0 radical (unpaired) electrons. The van der Waals surface area contributed by atoms with Gasteiger partial charge in [-0.15, -0.1) is 0 Å². The number of fused-ring (bicyclic) bond motifs is 1. The summed E-state index contributed by atoms with van der Waals surface area (Å²) in [4.78, 5) is 6.17. The second kappa shape index (κ2) is 4.24. The molecular weight excluding hydrogens is 235 g/mol. The number of hydrogen-bond donors (Lipinski definition) is 1. The highest BCUT2D eigenvalue weighted by molar-refractivity contribution is 5.74. The van der Waals surface area contributed by atoms with Crippen molar-refractivity contribution in [1.29, 1.82) is 0 Å². The predicted octanol–water partition coefficient (Wildman–Crippen LogP) is 2.17. The SMILES string of the molecule is CN(CC1CC(O)C1)c1nc2cc(F)ccc2o1. The van der Waals surface area contributed by atoms with Crippen molar-refractivity contribution < 1.29 is 13.9 Å². The van der Waals surface area contributed by atoms with Gasteiger partial charge in [0.1, 0.15) is 11.3 Å². The van der Waals surface area contributed by atoms with Crippen LogP contribution in [0, 0.1) is 11.7 Å². The van der Waals surface area contributed by atoms with Gasteiger partial charge in [0, 0.05) is 19.7 Å². The molecule has 0 bridgehead atoms. The Bertz CT molecular complexity index is 563. The first kappa shape index (κ1) is 11.5. The highest BCUT2D eigenvalue weighted by Crippen LogP contribution is 2.29. The number of aliphatic hydroxyl groups excluding tert-OH is 1. The molecule has 0 atom stereocenters. The fraction of sp³-hybridized carbons (Fsp3) is 0.462. The van der Waals surface area contributed by atoms with E-state index in [0.29, 0.717) is 23.0 Å². The van der Waals surface area contributed by atoms with Crippen LogP contribution in [0.5, 0.6) is 0 Å². The van der Waals surface area contributed by atoms with Crippen molar-refractivity contribution in [1.82, 2.24) is 4.98 Å². The van der Waals surface area contributed by atoms with Crippen LogP contribution in [0.15, 0.2) is 22.6 Å². The van der Waals surface area contributed by atoms with Crippen LogP contribution in [0.25, 0.3) is 11.1 Å². The third-order valence-corrected chi connectivity index (χ3v) is 3.41. The molecule has 96 valence electrons. The van der Waals surface area contributed by atoms with Crippen molar-refractivity contribution in [2.24, 2.45) is 5.92 Å². The molecule has 0 amide bonds. The van der Waals surface area contributed by atoms with Crippen molar-refractivity contribution in [2.45, 2.75) is 18.9 Å². The summed E-state index contributed by atoms with van der Waals surface area (Å²) >= 11 is 0. The molecule has 1 aromatic heterocycles. The molecule has 3 rings (SSSR count). The first-order chi connectivity index (χ1) is 8.61. The maximum Gasteiger partial charge on any atom is 0.298 e. The minimum absolute atomic E-state index is 0.152. The monoisotopic (exact) mass is 250 g/mol. The number of nitrogens with zero attached hydrogens (tertiary/aromatic N) is 2. The minimum Gasteiger partial charge on any atom is -0.423 e. The Labute approximate surface area is 104 Å². The van der Waals surface area contributed by atoms with Gasteiger partial charge in [-0.2, -0.15) is 4.98 Å². The standard InChI is InChI=1S/C13H15FN2O2/c1-16(7-8-4-10(17)5-8)13-15-11-6-9(14)2-3-12(11)18-13/h2-3,6,8,10,17H,4-5,7H2,1H3. The topological polar surface area (TPSA) is 49.5 Å². The zero-order chi connectivity index (χ0) is 12.7. The Kier molecular flexibility index (Phi) is 2.70. The molecule has 1 aliphatic carbocycles. The number of halogens is 1. The minimum atomic E-state index is -0.313. The first-order valence-electron chi connectivity index (χ1n) is 6.07. The van der Waals surface area contributed by atoms with Crippen molar-refractivity contribution in [3.63, 3.8) is 0 Å². The third kappa shape index (κ3) is 2.06. The Morgan fingerprint density at radius 3 is 3.00 bits per heavy atom. The fourth-order valence-corrected chi connectivity index (χ4v) is 2.37. The quantitative estimate of drug-likeness (QED) is 0.907. The molecule has 0 aliphatic heterocycles. The van der Waals surface area contributed by atoms with Crippen molar-refractivity contribution in [2.75, 3.05) is 18.5 Å². The lowest BCUT2D eigenvalue weighted by Crippen LogP contribution is -2.37. The van der Waals surface area contributed by atoms with Crippen molar-refractivity contribution >= 4 is 17.1 Å². The molecular formula is C13H15FN2O2. The first-order valence-corrected chi connectivity index (χ1v) is 6.07. The smallest absolute Gasteiger partial charge is 0.298 e. The van der Waals surface area contributed by atoms with E-state index in [1.54, 1.807) is 6.07 Å². The lowest BCUT2D eigenvalue weighted by Gasteiger charge is -2.33.